The van der Waals surface area contributed by atoms with Gasteiger partial charge in [0.05, 0.1) is 12.4 Å². The summed E-state index contributed by atoms with van der Waals surface area (Å²) in [7, 11) is -3.27. The van der Waals surface area contributed by atoms with Crippen LogP contribution in [0.4, 0.5) is 0 Å². The van der Waals surface area contributed by atoms with Crippen LogP contribution in [0.2, 0.25) is 0 Å². The third-order valence-electron chi connectivity index (χ3n) is 3.25. The molecule has 0 aromatic carbocycles. The van der Waals surface area contributed by atoms with Gasteiger partial charge in [0.1, 0.15) is 0 Å². The molecule has 15 heavy (non-hydrogen) atoms. The van der Waals surface area contributed by atoms with Gasteiger partial charge in [-0.15, -0.1) is 0 Å². The molecule has 1 N–H and O–H groups in total. The second kappa shape index (κ2) is 4.80. The van der Waals surface area contributed by atoms with Gasteiger partial charge in [0.15, 0.2) is 0 Å². The van der Waals surface area contributed by atoms with Gasteiger partial charge in [-0.05, 0) is 25.2 Å². The molecule has 1 fully saturated rings. The average molecular weight is 235 g/mol. The molecular weight excluding hydrogens is 214 g/mol. The largest absolute Gasteiger partial charge is 0.395 e. The molecule has 0 saturated carbocycles. The zero-order valence-corrected chi connectivity index (χ0v) is 10.5. The topological polar surface area (TPSA) is 57.6 Å². The summed E-state index contributed by atoms with van der Waals surface area (Å²) in [5.41, 5.74) is 0. The van der Waals surface area contributed by atoms with Crippen molar-refractivity contribution in [3.05, 3.63) is 0 Å². The first kappa shape index (κ1) is 12.9. The Bertz CT molecular complexity index is 302. The molecule has 0 aromatic rings. The first-order valence-electron chi connectivity index (χ1n) is 5.49. The SMILES string of the molecule is CC1CC(C)C(C)N(S(=O)(=O)CCO)C1. The smallest absolute Gasteiger partial charge is 0.216 e. The van der Waals surface area contributed by atoms with E-state index < -0.39 is 10.0 Å². The Morgan fingerprint density at radius 3 is 2.47 bits per heavy atom. The maximum Gasteiger partial charge on any atom is 0.216 e. The summed E-state index contributed by atoms with van der Waals surface area (Å²) in [5.74, 6) is 0.642. The Balaban J connectivity index is 2.83. The van der Waals surface area contributed by atoms with E-state index in [0.29, 0.717) is 18.4 Å². The summed E-state index contributed by atoms with van der Waals surface area (Å²) in [4.78, 5) is 0. The van der Waals surface area contributed by atoms with E-state index in [1.165, 1.54) is 0 Å². The molecule has 0 aromatic heterocycles. The highest BCUT2D eigenvalue weighted by Crippen LogP contribution is 2.28. The molecule has 90 valence electrons. The summed E-state index contributed by atoms with van der Waals surface area (Å²) in [6.45, 7) is 6.40. The number of aliphatic hydroxyl groups is 1. The summed E-state index contributed by atoms with van der Waals surface area (Å²) in [5, 5.41) is 8.74. The quantitative estimate of drug-likeness (QED) is 0.782. The first-order chi connectivity index (χ1) is 6.88. The van der Waals surface area contributed by atoms with Crippen LogP contribution in [0.3, 0.4) is 0 Å². The molecule has 1 saturated heterocycles. The zero-order chi connectivity index (χ0) is 11.6. The van der Waals surface area contributed by atoms with Crippen molar-refractivity contribution in [3.63, 3.8) is 0 Å². The van der Waals surface area contributed by atoms with Crippen LogP contribution in [-0.4, -0.2) is 42.8 Å². The number of sulfonamides is 1. The van der Waals surface area contributed by atoms with Crippen molar-refractivity contribution in [3.8, 4) is 0 Å². The highest BCUT2D eigenvalue weighted by molar-refractivity contribution is 7.89. The van der Waals surface area contributed by atoms with Crippen LogP contribution in [-0.2, 0) is 10.0 Å². The third-order valence-corrected chi connectivity index (χ3v) is 5.14. The zero-order valence-electron chi connectivity index (χ0n) is 9.68. The Hall–Kier alpha value is -0.130. The predicted molar refractivity (Wildman–Crippen MR) is 60.0 cm³/mol. The highest BCUT2D eigenvalue weighted by Gasteiger charge is 2.35. The predicted octanol–water partition coefficient (Wildman–Crippen LogP) is 0.675. The average Bonchev–Trinajstić information content (AvgIpc) is 2.11. The molecule has 0 spiro atoms. The molecular formula is C10H21NO3S. The Labute approximate surface area is 92.3 Å². The number of hydrogen-bond donors (Lipinski definition) is 1. The number of nitrogens with zero attached hydrogens (tertiary/aromatic N) is 1. The number of rotatable bonds is 3. The van der Waals surface area contributed by atoms with Gasteiger partial charge >= 0.3 is 0 Å². The molecule has 0 amide bonds. The summed E-state index contributed by atoms with van der Waals surface area (Å²) < 4.78 is 25.3. The van der Waals surface area contributed by atoms with Gasteiger partial charge < -0.3 is 5.11 Å². The van der Waals surface area contributed by atoms with Gasteiger partial charge in [0, 0.05) is 12.6 Å². The standard InChI is InChI=1S/C10H21NO3S/c1-8-6-9(2)10(3)11(7-8)15(13,14)5-4-12/h8-10,12H,4-7H2,1-3H3. The monoisotopic (exact) mass is 235 g/mol. The number of piperidine rings is 1. The van der Waals surface area contributed by atoms with Crippen molar-refractivity contribution in [1.29, 1.82) is 0 Å². The molecule has 0 bridgehead atoms. The van der Waals surface area contributed by atoms with Gasteiger partial charge in [-0.3, -0.25) is 0 Å². The van der Waals surface area contributed by atoms with E-state index in [-0.39, 0.29) is 18.4 Å². The van der Waals surface area contributed by atoms with Crippen LogP contribution >= 0.6 is 0 Å². The van der Waals surface area contributed by atoms with E-state index in [0.717, 1.165) is 6.42 Å². The summed E-state index contributed by atoms with van der Waals surface area (Å²) >= 11 is 0. The Morgan fingerprint density at radius 1 is 1.33 bits per heavy atom. The lowest BCUT2D eigenvalue weighted by molar-refractivity contribution is 0.156. The van der Waals surface area contributed by atoms with Gasteiger partial charge in [-0.25, -0.2) is 8.42 Å². The van der Waals surface area contributed by atoms with E-state index in [1.54, 1.807) is 4.31 Å². The van der Waals surface area contributed by atoms with Crippen molar-refractivity contribution in [2.45, 2.75) is 33.2 Å². The van der Waals surface area contributed by atoms with Gasteiger partial charge in [0.25, 0.3) is 0 Å². The Morgan fingerprint density at radius 2 is 1.93 bits per heavy atom. The Kier molecular flexibility index (Phi) is 4.14. The van der Waals surface area contributed by atoms with Gasteiger partial charge in [-0.2, -0.15) is 4.31 Å². The molecule has 3 atom stereocenters. The van der Waals surface area contributed by atoms with Crippen molar-refractivity contribution >= 4 is 10.0 Å². The molecule has 1 aliphatic heterocycles. The van der Waals surface area contributed by atoms with Crippen LogP contribution in [0.15, 0.2) is 0 Å². The summed E-state index contributed by atoms with van der Waals surface area (Å²) in [6, 6.07) is 0.0535. The maximum atomic E-state index is 11.9. The second-order valence-corrected chi connectivity index (χ2v) is 6.71. The van der Waals surface area contributed by atoms with E-state index >= 15 is 0 Å². The van der Waals surface area contributed by atoms with Gasteiger partial charge in [0.2, 0.25) is 10.0 Å². The summed E-state index contributed by atoms with van der Waals surface area (Å²) in [6.07, 6.45) is 1.08. The fourth-order valence-corrected chi connectivity index (χ4v) is 3.92. The minimum Gasteiger partial charge on any atom is -0.395 e. The lowest BCUT2D eigenvalue weighted by atomic mass is 9.88. The van der Waals surface area contributed by atoms with Crippen LogP contribution in [0.1, 0.15) is 27.2 Å². The van der Waals surface area contributed by atoms with E-state index in [2.05, 4.69) is 13.8 Å². The van der Waals surface area contributed by atoms with Crippen molar-refractivity contribution in [2.75, 3.05) is 18.9 Å². The normalized spacial score (nSPS) is 34.3. The molecule has 3 unspecified atom stereocenters. The number of aliphatic hydroxyl groups excluding tert-OH is 1. The molecule has 1 aliphatic rings. The van der Waals surface area contributed by atoms with Gasteiger partial charge in [-0.1, -0.05) is 13.8 Å². The fourth-order valence-electron chi connectivity index (χ4n) is 2.26. The minimum absolute atomic E-state index is 0.0535. The van der Waals surface area contributed by atoms with E-state index in [9.17, 15) is 8.42 Å². The highest BCUT2D eigenvalue weighted by atomic mass is 32.2. The molecule has 5 heteroatoms. The van der Waals surface area contributed by atoms with Crippen molar-refractivity contribution < 1.29 is 13.5 Å². The second-order valence-electron chi connectivity index (χ2n) is 4.67. The van der Waals surface area contributed by atoms with Crippen LogP contribution in [0.25, 0.3) is 0 Å². The molecule has 0 radical (unpaired) electrons. The van der Waals surface area contributed by atoms with E-state index in [1.807, 2.05) is 6.92 Å². The van der Waals surface area contributed by atoms with Crippen LogP contribution < -0.4 is 0 Å². The first-order valence-corrected chi connectivity index (χ1v) is 7.09. The molecule has 1 rings (SSSR count). The van der Waals surface area contributed by atoms with Crippen LogP contribution in [0, 0.1) is 11.8 Å². The van der Waals surface area contributed by atoms with Crippen LogP contribution in [0.5, 0.6) is 0 Å². The third kappa shape index (κ3) is 2.92. The van der Waals surface area contributed by atoms with Crippen molar-refractivity contribution in [1.82, 2.24) is 4.31 Å². The lowest BCUT2D eigenvalue weighted by Crippen LogP contribution is -2.49. The van der Waals surface area contributed by atoms with Crippen molar-refractivity contribution in [2.24, 2.45) is 11.8 Å². The number of hydrogen-bond acceptors (Lipinski definition) is 3. The molecule has 1 heterocycles. The fraction of sp³-hybridized carbons (Fsp3) is 1.00. The molecule has 0 aliphatic carbocycles. The maximum absolute atomic E-state index is 11.9. The minimum atomic E-state index is -3.27. The van der Waals surface area contributed by atoms with E-state index in [4.69, 9.17) is 5.11 Å². The lowest BCUT2D eigenvalue weighted by Gasteiger charge is -2.39. The molecule has 4 nitrogen and oxygen atoms in total.